The van der Waals surface area contributed by atoms with E-state index in [2.05, 4.69) is 4.74 Å². The number of likely N-dealkylation sites (tertiary alicyclic amines) is 1. The molecular formula is C19H21NO7. The Balaban J connectivity index is 1.71. The number of benzene rings is 1. The summed E-state index contributed by atoms with van der Waals surface area (Å²) in [5.41, 5.74) is 0.519. The number of hydrogen-bond donors (Lipinski definition) is 2. The maximum absolute atomic E-state index is 12.8. The summed E-state index contributed by atoms with van der Waals surface area (Å²) in [4.78, 5) is 37.9. The molecule has 8 heteroatoms. The molecule has 1 saturated carbocycles. The Morgan fingerprint density at radius 3 is 2.63 bits per heavy atom. The third-order valence-electron chi connectivity index (χ3n) is 6.19. The second kappa shape index (κ2) is 6.03. The quantitative estimate of drug-likeness (QED) is 0.716. The van der Waals surface area contributed by atoms with Crippen LogP contribution in [-0.2, 0) is 19.1 Å². The van der Waals surface area contributed by atoms with Gasteiger partial charge in [-0.2, -0.15) is 4.90 Å². The fourth-order valence-electron chi connectivity index (χ4n) is 4.87. The van der Waals surface area contributed by atoms with Gasteiger partial charge in [0, 0.05) is 17.4 Å². The summed E-state index contributed by atoms with van der Waals surface area (Å²) in [7, 11) is 1.11. The van der Waals surface area contributed by atoms with Gasteiger partial charge in [0.05, 0.1) is 25.0 Å². The molecule has 3 amide bonds. The van der Waals surface area contributed by atoms with E-state index in [9.17, 15) is 24.6 Å². The van der Waals surface area contributed by atoms with Crippen LogP contribution in [-0.4, -0.2) is 45.9 Å². The number of methoxy groups -OCH3 is 1. The van der Waals surface area contributed by atoms with E-state index in [1.165, 1.54) is 6.07 Å². The number of hydrogen-bond acceptors (Lipinski definition) is 7. The summed E-state index contributed by atoms with van der Waals surface area (Å²) in [6.07, 6.45) is -1.14. The molecule has 0 aromatic heterocycles. The predicted molar refractivity (Wildman–Crippen MR) is 90.0 cm³/mol. The average Bonchev–Trinajstić information content (AvgIpc) is 3.11. The number of amides is 3. The smallest absolute Gasteiger partial charge is 0.423 e. The first-order chi connectivity index (χ1) is 12.8. The highest BCUT2D eigenvalue weighted by Gasteiger charge is 2.66. The minimum Gasteiger partial charge on any atom is -0.508 e. The van der Waals surface area contributed by atoms with E-state index in [-0.39, 0.29) is 18.6 Å². The molecule has 1 aromatic rings. The molecule has 3 aliphatic rings. The number of aliphatic hydroxyl groups is 1. The number of carbonyl (C=O) groups excluding carboxylic acids is 3. The van der Waals surface area contributed by atoms with Crippen molar-refractivity contribution in [2.45, 2.75) is 31.7 Å². The molecular weight excluding hydrogens is 354 g/mol. The average molecular weight is 375 g/mol. The van der Waals surface area contributed by atoms with Crippen LogP contribution in [0, 0.1) is 23.7 Å². The van der Waals surface area contributed by atoms with Gasteiger partial charge in [-0.25, -0.2) is 4.79 Å². The molecule has 0 unspecified atom stereocenters. The zero-order chi connectivity index (χ0) is 19.5. The van der Waals surface area contributed by atoms with Gasteiger partial charge in [-0.1, -0.05) is 25.1 Å². The number of imide groups is 3. The number of para-hydroxylation sites is 1. The number of nitrogens with zero attached hydrogens (tertiary/aromatic N) is 1. The van der Waals surface area contributed by atoms with Gasteiger partial charge in [0.15, 0.2) is 5.79 Å². The lowest BCUT2D eigenvalue weighted by atomic mass is 9.65. The molecule has 2 heterocycles. The molecule has 6 atom stereocenters. The molecule has 0 spiro atoms. The zero-order valence-corrected chi connectivity index (χ0v) is 15.0. The molecule has 2 aliphatic heterocycles. The minimum absolute atomic E-state index is 0.0407. The largest absolute Gasteiger partial charge is 0.508 e. The Kier molecular flexibility index (Phi) is 4.01. The molecule has 2 saturated heterocycles. The van der Waals surface area contributed by atoms with Gasteiger partial charge in [0.1, 0.15) is 5.75 Å². The van der Waals surface area contributed by atoms with Gasteiger partial charge in [-0.3, -0.25) is 9.59 Å². The van der Waals surface area contributed by atoms with E-state index in [1.54, 1.807) is 25.1 Å². The van der Waals surface area contributed by atoms with E-state index in [0.717, 1.165) is 7.11 Å². The monoisotopic (exact) mass is 375 g/mol. The van der Waals surface area contributed by atoms with Crippen LogP contribution in [0.25, 0.3) is 0 Å². The number of fused-ring (bicyclic) bond motifs is 3. The van der Waals surface area contributed by atoms with Crippen molar-refractivity contribution >= 4 is 17.9 Å². The van der Waals surface area contributed by atoms with E-state index >= 15 is 0 Å². The molecule has 3 fully saturated rings. The van der Waals surface area contributed by atoms with Crippen molar-refractivity contribution in [3.63, 3.8) is 0 Å². The van der Waals surface area contributed by atoms with Crippen LogP contribution < -0.4 is 0 Å². The highest BCUT2D eigenvalue weighted by Crippen LogP contribution is 2.58. The van der Waals surface area contributed by atoms with Crippen molar-refractivity contribution in [2.75, 3.05) is 7.11 Å². The molecule has 1 aromatic carbocycles. The van der Waals surface area contributed by atoms with E-state index in [4.69, 9.17) is 4.74 Å². The Hall–Kier alpha value is -2.45. The van der Waals surface area contributed by atoms with Gasteiger partial charge in [-0.15, -0.1) is 0 Å². The molecule has 1 aliphatic carbocycles. The third-order valence-corrected chi connectivity index (χ3v) is 6.19. The summed E-state index contributed by atoms with van der Waals surface area (Å²) in [6.45, 7) is 1.76. The Labute approximate surface area is 155 Å². The van der Waals surface area contributed by atoms with Crippen molar-refractivity contribution in [3.05, 3.63) is 29.8 Å². The van der Waals surface area contributed by atoms with E-state index < -0.39 is 53.5 Å². The number of aromatic hydroxyl groups is 1. The van der Waals surface area contributed by atoms with Crippen molar-refractivity contribution in [2.24, 2.45) is 23.7 Å². The van der Waals surface area contributed by atoms with Crippen molar-refractivity contribution in [1.82, 2.24) is 4.90 Å². The van der Waals surface area contributed by atoms with Crippen LogP contribution in [0.2, 0.25) is 0 Å². The number of phenols is 1. The molecule has 4 rings (SSSR count). The van der Waals surface area contributed by atoms with Crippen molar-refractivity contribution < 1.29 is 34.1 Å². The SMILES string of the molecule is COC(=O)N1C(=O)[C@H]2[C@H](C[C@H](C)[C@@]3(O)O[C@H](c4ccccc4O)C[C@@H]23)C1=O. The van der Waals surface area contributed by atoms with Crippen LogP contribution in [0.1, 0.15) is 31.4 Å². The van der Waals surface area contributed by atoms with Gasteiger partial charge in [-0.05, 0) is 18.9 Å². The van der Waals surface area contributed by atoms with Crippen LogP contribution in [0.15, 0.2) is 24.3 Å². The topological polar surface area (TPSA) is 113 Å². The van der Waals surface area contributed by atoms with Gasteiger partial charge < -0.3 is 19.7 Å². The van der Waals surface area contributed by atoms with Crippen molar-refractivity contribution in [3.8, 4) is 5.75 Å². The lowest BCUT2D eigenvalue weighted by Crippen LogP contribution is -2.52. The van der Waals surface area contributed by atoms with E-state index in [0.29, 0.717) is 10.5 Å². The zero-order valence-electron chi connectivity index (χ0n) is 15.0. The van der Waals surface area contributed by atoms with Crippen LogP contribution in [0.5, 0.6) is 5.75 Å². The second-order valence-electron chi connectivity index (χ2n) is 7.51. The second-order valence-corrected chi connectivity index (χ2v) is 7.51. The molecule has 144 valence electrons. The van der Waals surface area contributed by atoms with E-state index in [1.807, 2.05) is 0 Å². The summed E-state index contributed by atoms with van der Waals surface area (Å²) in [5, 5.41) is 21.4. The summed E-state index contributed by atoms with van der Waals surface area (Å²) >= 11 is 0. The highest BCUT2D eigenvalue weighted by atomic mass is 16.6. The Bertz CT molecular complexity index is 824. The van der Waals surface area contributed by atoms with Crippen LogP contribution >= 0.6 is 0 Å². The third kappa shape index (κ3) is 2.40. The lowest BCUT2D eigenvalue weighted by Gasteiger charge is -2.43. The minimum atomic E-state index is -1.61. The first-order valence-electron chi connectivity index (χ1n) is 8.93. The molecule has 2 N–H and O–H groups in total. The number of phenolic OH excluding ortho intramolecular Hbond substituents is 1. The first-order valence-corrected chi connectivity index (χ1v) is 8.93. The highest BCUT2D eigenvalue weighted by molar-refractivity contribution is 6.15. The summed E-state index contributed by atoms with van der Waals surface area (Å²) in [5.74, 6) is -5.45. The number of ether oxygens (including phenoxy) is 2. The molecule has 0 bridgehead atoms. The van der Waals surface area contributed by atoms with Crippen molar-refractivity contribution in [1.29, 1.82) is 0 Å². The normalized spacial score (nSPS) is 37.9. The van der Waals surface area contributed by atoms with Gasteiger partial charge in [0.25, 0.3) is 0 Å². The maximum atomic E-state index is 12.8. The van der Waals surface area contributed by atoms with Gasteiger partial charge in [0.2, 0.25) is 11.8 Å². The molecule has 0 radical (unpaired) electrons. The van der Waals surface area contributed by atoms with Gasteiger partial charge >= 0.3 is 6.09 Å². The maximum Gasteiger partial charge on any atom is 0.423 e. The Morgan fingerprint density at radius 1 is 1.26 bits per heavy atom. The summed E-state index contributed by atoms with van der Waals surface area (Å²) < 4.78 is 10.5. The molecule has 27 heavy (non-hydrogen) atoms. The van der Waals surface area contributed by atoms with Crippen LogP contribution in [0.4, 0.5) is 4.79 Å². The fraction of sp³-hybridized carbons (Fsp3) is 0.526. The fourth-order valence-corrected chi connectivity index (χ4v) is 4.87. The lowest BCUT2D eigenvalue weighted by molar-refractivity contribution is -0.265. The number of carbonyl (C=O) groups is 3. The first kappa shape index (κ1) is 17.9. The number of rotatable bonds is 1. The van der Waals surface area contributed by atoms with Crippen LogP contribution in [0.3, 0.4) is 0 Å². The Morgan fingerprint density at radius 2 is 1.96 bits per heavy atom. The molecule has 8 nitrogen and oxygen atoms in total. The summed E-state index contributed by atoms with van der Waals surface area (Å²) in [6, 6.07) is 6.66. The predicted octanol–water partition coefficient (Wildman–Crippen LogP) is 1.57. The standard InChI is InChI=1S/C19H21NO7/c1-9-7-11-15(17(23)20(16(11)22)18(24)26-2)12-8-14(27-19(9,12)25)10-5-3-4-6-13(10)21/h3-6,9,11-12,14-15,21,25H,7-8H2,1-2H3/t9-,11-,12-,14-,15-,19+/m0/s1.